The molecule has 5 nitrogen and oxygen atoms in total. The van der Waals surface area contributed by atoms with Gasteiger partial charge in [-0.3, -0.25) is 4.79 Å². The molecule has 0 spiro atoms. The minimum absolute atomic E-state index is 0.0229. The van der Waals surface area contributed by atoms with Gasteiger partial charge in [-0.2, -0.15) is 0 Å². The lowest BCUT2D eigenvalue weighted by molar-refractivity contribution is 0.0747. The molecule has 0 aliphatic carbocycles. The van der Waals surface area contributed by atoms with E-state index in [0.29, 0.717) is 6.54 Å². The van der Waals surface area contributed by atoms with E-state index in [4.69, 9.17) is 28.3 Å². The largest absolute Gasteiger partial charge is 0.336 e. The second-order valence-corrected chi connectivity index (χ2v) is 7.15. The Morgan fingerprint density at radius 2 is 2.05 bits per heavy atom. The number of likely N-dealkylation sites (tertiary alicyclic amines) is 1. The molecular formula is C12H13Cl2FN2O3S. The molecule has 1 unspecified atom stereocenters. The van der Waals surface area contributed by atoms with Crippen LogP contribution < -0.4 is 5.14 Å². The molecule has 9 heteroatoms. The smallest absolute Gasteiger partial charge is 0.255 e. The third kappa shape index (κ3) is 3.01. The van der Waals surface area contributed by atoms with Crippen molar-refractivity contribution in [2.24, 2.45) is 5.14 Å². The highest BCUT2D eigenvalue weighted by Crippen LogP contribution is 2.35. The van der Waals surface area contributed by atoms with E-state index in [-0.39, 0.29) is 11.6 Å². The van der Waals surface area contributed by atoms with Crippen LogP contribution in [0, 0.1) is 5.82 Å². The summed E-state index contributed by atoms with van der Waals surface area (Å²) in [6, 6.07) is 0.817. The Bertz CT molecular complexity index is 709. The average molecular weight is 355 g/mol. The normalized spacial score (nSPS) is 19.1. The van der Waals surface area contributed by atoms with E-state index in [1.165, 1.54) is 4.90 Å². The van der Waals surface area contributed by atoms with Gasteiger partial charge in [-0.25, -0.2) is 17.9 Å². The molecular weight excluding hydrogens is 342 g/mol. The Labute approximate surface area is 131 Å². The van der Waals surface area contributed by atoms with Crippen LogP contribution in [-0.2, 0) is 10.0 Å². The molecule has 1 heterocycles. The molecule has 0 bridgehead atoms. The number of hydrogen-bond acceptors (Lipinski definition) is 3. The van der Waals surface area contributed by atoms with E-state index < -0.39 is 36.7 Å². The van der Waals surface area contributed by atoms with Crippen molar-refractivity contribution < 1.29 is 17.6 Å². The number of benzene rings is 1. The number of carbonyl (C=O) groups excluding carboxylic acids is 1. The maximum absolute atomic E-state index is 13.8. The van der Waals surface area contributed by atoms with Gasteiger partial charge in [0.1, 0.15) is 10.7 Å². The van der Waals surface area contributed by atoms with Gasteiger partial charge >= 0.3 is 0 Å². The zero-order chi connectivity index (χ0) is 15.9. The molecule has 0 aromatic heterocycles. The van der Waals surface area contributed by atoms with Crippen molar-refractivity contribution in [2.45, 2.75) is 30.7 Å². The van der Waals surface area contributed by atoms with E-state index in [9.17, 15) is 17.6 Å². The van der Waals surface area contributed by atoms with Crippen LogP contribution in [-0.4, -0.2) is 31.8 Å². The standard InChI is InChI=1S/C12H13Cl2FN2O3S/c1-6-3-2-4-17(6)12(18)7-5-8(15)10(14)11(9(7)13)21(16,19)20/h5-6H,2-4H2,1H3,(H2,16,19,20). The fourth-order valence-electron chi connectivity index (χ4n) is 2.38. The molecule has 1 amide bonds. The second-order valence-electron chi connectivity index (χ2n) is 4.90. The summed E-state index contributed by atoms with van der Waals surface area (Å²) in [6.07, 6.45) is 1.64. The predicted molar refractivity (Wildman–Crippen MR) is 77.5 cm³/mol. The fourth-order valence-corrected chi connectivity index (χ4v) is 4.16. The number of amides is 1. The highest BCUT2D eigenvalue weighted by atomic mass is 35.5. The molecule has 1 saturated heterocycles. The lowest BCUT2D eigenvalue weighted by Crippen LogP contribution is -2.34. The fraction of sp³-hybridized carbons (Fsp3) is 0.417. The zero-order valence-electron chi connectivity index (χ0n) is 11.1. The lowest BCUT2D eigenvalue weighted by Gasteiger charge is -2.22. The maximum Gasteiger partial charge on any atom is 0.255 e. The lowest BCUT2D eigenvalue weighted by atomic mass is 10.1. The summed E-state index contributed by atoms with van der Waals surface area (Å²) in [5.74, 6) is -1.59. The summed E-state index contributed by atoms with van der Waals surface area (Å²) in [5, 5.41) is 3.82. The van der Waals surface area contributed by atoms with Crippen molar-refractivity contribution in [1.29, 1.82) is 0 Å². The number of halogens is 3. The second kappa shape index (κ2) is 5.72. The molecule has 1 atom stereocenters. The Morgan fingerprint density at radius 3 is 2.52 bits per heavy atom. The number of sulfonamides is 1. The van der Waals surface area contributed by atoms with Gasteiger partial charge < -0.3 is 4.90 Å². The SMILES string of the molecule is CC1CCCN1C(=O)c1cc(F)c(Cl)c(S(N)(=O)=O)c1Cl. The van der Waals surface area contributed by atoms with Crippen LogP contribution >= 0.6 is 23.2 Å². The van der Waals surface area contributed by atoms with Crippen molar-refractivity contribution in [3.63, 3.8) is 0 Å². The van der Waals surface area contributed by atoms with Gasteiger partial charge in [-0.05, 0) is 25.8 Å². The first-order chi connectivity index (χ1) is 9.64. The van der Waals surface area contributed by atoms with Crippen LogP contribution in [0.3, 0.4) is 0 Å². The van der Waals surface area contributed by atoms with Crippen molar-refractivity contribution in [3.8, 4) is 0 Å². The highest BCUT2D eigenvalue weighted by Gasteiger charge is 2.31. The van der Waals surface area contributed by atoms with Gasteiger partial charge in [0.2, 0.25) is 10.0 Å². The molecule has 2 rings (SSSR count). The van der Waals surface area contributed by atoms with E-state index in [2.05, 4.69) is 0 Å². The Kier molecular flexibility index (Phi) is 4.49. The Balaban J connectivity index is 2.61. The molecule has 1 aromatic rings. The summed E-state index contributed by atoms with van der Waals surface area (Å²) in [4.78, 5) is 13.2. The molecule has 1 fully saturated rings. The quantitative estimate of drug-likeness (QED) is 0.828. The molecule has 0 radical (unpaired) electrons. The van der Waals surface area contributed by atoms with E-state index in [1.807, 2.05) is 6.92 Å². The number of nitrogens with two attached hydrogens (primary N) is 1. The average Bonchev–Trinajstić information content (AvgIpc) is 2.78. The van der Waals surface area contributed by atoms with Crippen molar-refractivity contribution >= 4 is 39.1 Å². The minimum atomic E-state index is -4.35. The molecule has 2 N–H and O–H groups in total. The number of primary sulfonamides is 1. The Hall–Kier alpha value is -0.890. The van der Waals surface area contributed by atoms with Gasteiger partial charge in [0.15, 0.2) is 0 Å². The van der Waals surface area contributed by atoms with Crippen LogP contribution in [0.2, 0.25) is 10.0 Å². The number of hydrogen-bond donors (Lipinski definition) is 1. The first kappa shape index (κ1) is 16.5. The number of nitrogens with zero attached hydrogens (tertiary/aromatic N) is 1. The zero-order valence-corrected chi connectivity index (χ0v) is 13.4. The summed E-state index contributed by atoms with van der Waals surface area (Å²) in [7, 11) is -4.35. The van der Waals surface area contributed by atoms with Crippen LogP contribution in [0.5, 0.6) is 0 Å². The minimum Gasteiger partial charge on any atom is -0.336 e. The molecule has 1 aliphatic heterocycles. The van der Waals surface area contributed by atoms with Crippen molar-refractivity contribution in [2.75, 3.05) is 6.54 Å². The van der Waals surface area contributed by atoms with Crippen molar-refractivity contribution in [1.82, 2.24) is 4.90 Å². The third-order valence-corrected chi connectivity index (χ3v) is 5.41. The highest BCUT2D eigenvalue weighted by molar-refractivity contribution is 7.89. The predicted octanol–water partition coefficient (Wildman–Crippen LogP) is 2.40. The summed E-state index contributed by atoms with van der Waals surface area (Å²) >= 11 is 11.5. The maximum atomic E-state index is 13.8. The summed E-state index contributed by atoms with van der Waals surface area (Å²) < 4.78 is 36.8. The van der Waals surface area contributed by atoms with Crippen LogP contribution in [0.25, 0.3) is 0 Å². The monoisotopic (exact) mass is 354 g/mol. The topological polar surface area (TPSA) is 80.5 Å². The number of rotatable bonds is 2. The molecule has 21 heavy (non-hydrogen) atoms. The first-order valence-corrected chi connectivity index (χ1v) is 8.46. The van der Waals surface area contributed by atoms with E-state index in [0.717, 1.165) is 18.9 Å². The summed E-state index contributed by atoms with van der Waals surface area (Å²) in [5.41, 5.74) is -0.253. The van der Waals surface area contributed by atoms with Crippen molar-refractivity contribution in [3.05, 3.63) is 27.5 Å². The van der Waals surface area contributed by atoms with E-state index >= 15 is 0 Å². The van der Waals surface area contributed by atoms with Gasteiger partial charge in [-0.15, -0.1) is 0 Å². The van der Waals surface area contributed by atoms with E-state index in [1.54, 1.807) is 0 Å². The third-order valence-electron chi connectivity index (χ3n) is 3.44. The molecule has 116 valence electrons. The first-order valence-electron chi connectivity index (χ1n) is 6.16. The number of carbonyl (C=O) groups is 1. The van der Waals surface area contributed by atoms with Crippen LogP contribution in [0.1, 0.15) is 30.1 Å². The van der Waals surface area contributed by atoms with Gasteiger partial charge in [-0.1, -0.05) is 23.2 Å². The molecule has 1 aromatic carbocycles. The van der Waals surface area contributed by atoms with Crippen LogP contribution in [0.4, 0.5) is 4.39 Å². The van der Waals surface area contributed by atoms with Gasteiger partial charge in [0.05, 0.1) is 15.6 Å². The molecule has 0 saturated carbocycles. The summed E-state index contributed by atoms with van der Waals surface area (Å²) in [6.45, 7) is 2.36. The molecule has 1 aliphatic rings. The van der Waals surface area contributed by atoms with Gasteiger partial charge in [0, 0.05) is 12.6 Å². The van der Waals surface area contributed by atoms with Gasteiger partial charge in [0.25, 0.3) is 5.91 Å². The van der Waals surface area contributed by atoms with Crippen LogP contribution in [0.15, 0.2) is 11.0 Å². The Morgan fingerprint density at radius 1 is 1.43 bits per heavy atom.